The molecule has 110 valence electrons. The van der Waals surface area contributed by atoms with E-state index in [1.165, 1.54) is 5.56 Å². The predicted octanol–water partition coefficient (Wildman–Crippen LogP) is 2.30. The van der Waals surface area contributed by atoms with Crippen LogP contribution in [0.3, 0.4) is 0 Å². The fourth-order valence-electron chi connectivity index (χ4n) is 3.57. The number of nitrogens with one attached hydrogen (secondary N) is 2. The van der Waals surface area contributed by atoms with Crippen molar-refractivity contribution in [3.63, 3.8) is 0 Å². The van der Waals surface area contributed by atoms with E-state index in [-0.39, 0.29) is 11.1 Å². The van der Waals surface area contributed by atoms with E-state index in [1.807, 2.05) is 23.9 Å². The van der Waals surface area contributed by atoms with Crippen molar-refractivity contribution in [2.75, 3.05) is 0 Å². The van der Waals surface area contributed by atoms with Gasteiger partial charge in [-0.2, -0.15) is 5.26 Å². The standard InChI is InChI=1S/C16H26N4/c1-15(2)7-13(8-16(3,4)19-15)18-10-12-6-14(9-17)20(5)11-12/h6,11,13,18-19H,7-8,10H2,1-5H3. The van der Waals surface area contributed by atoms with Gasteiger partial charge in [0.1, 0.15) is 11.8 Å². The van der Waals surface area contributed by atoms with Crippen LogP contribution < -0.4 is 10.6 Å². The monoisotopic (exact) mass is 274 g/mol. The van der Waals surface area contributed by atoms with Gasteiger partial charge in [0.05, 0.1) is 0 Å². The first-order valence-electron chi connectivity index (χ1n) is 7.29. The third-order valence-electron chi connectivity index (χ3n) is 3.96. The first-order chi connectivity index (χ1) is 9.21. The molecule has 0 atom stereocenters. The molecule has 4 heteroatoms. The number of aryl methyl sites for hydroxylation is 1. The summed E-state index contributed by atoms with van der Waals surface area (Å²) in [5, 5.41) is 16.3. The fourth-order valence-corrected chi connectivity index (χ4v) is 3.57. The van der Waals surface area contributed by atoms with Gasteiger partial charge in [0.15, 0.2) is 0 Å². The first-order valence-corrected chi connectivity index (χ1v) is 7.29. The summed E-state index contributed by atoms with van der Waals surface area (Å²) in [4.78, 5) is 0. The molecule has 0 aliphatic carbocycles. The number of nitrogens with zero attached hydrogens (tertiary/aromatic N) is 2. The van der Waals surface area contributed by atoms with E-state index in [0.29, 0.717) is 11.7 Å². The number of hydrogen-bond acceptors (Lipinski definition) is 3. The van der Waals surface area contributed by atoms with Crippen LogP contribution in [0.1, 0.15) is 51.8 Å². The van der Waals surface area contributed by atoms with Gasteiger partial charge in [0, 0.05) is 36.9 Å². The smallest absolute Gasteiger partial charge is 0.120 e. The van der Waals surface area contributed by atoms with E-state index < -0.39 is 0 Å². The van der Waals surface area contributed by atoms with Crippen LogP contribution in [-0.4, -0.2) is 21.7 Å². The zero-order chi connectivity index (χ0) is 15.0. The molecule has 1 aliphatic heterocycles. The summed E-state index contributed by atoms with van der Waals surface area (Å²) >= 11 is 0. The molecule has 0 amide bonds. The van der Waals surface area contributed by atoms with Crippen molar-refractivity contribution in [2.45, 2.75) is 64.2 Å². The van der Waals surface area contributed by atoms with Crippen molar-refractivity contribution < 1.29 is 0 Å². The Morgan fingerprint density at radius 1 is 1.35 bits per heavy atom. The van der Waals surface area contributed by atoms with E-state index in [0.717, 1.165) is 19.4 Å². The molecule has 2 N–H and O–H groups in total. The Labute approximate surface area is 122 Å². The third-order valence-corrected chi connectivity index (χ3v) is 3.96. The van der Waals surface area contributed by atoms with Crippen LogP contribution in [0.2, 0.25) is 0 Å². The van der Waals surface area contributed by atoms with Crippen molar-refractivity contribution in [1.29, 1.82) is 5.26 Å². The first kappa shape index (κ1) is 15.1. The molecule has 2 heterocycles. The SMILES string of the molecule is Cn1cc(CNC2CC(C)(C)NC(C)(C)C2)cc1C#N. The van der Waals surface area contributed by atoms with E-state index in [2.05, 4.69) is 44.4 Å². The van der Waals surface area contributed by atoms with Crippen LogP contribution in [-0.2, 0) is 13.6 Å². The minimum absolute atomic E-state index is 0.161. The molecule has 0 spiro atoms. The van der Waals surface area contributed by atoms with Gasteiger partial charge in [-0.25, -0.2) is 0 Å². The van der Waals surface area contributed by atoms with Crippen LogP contribution in [0.5, 0.6) is 0 Å². The molecule has 1 saturated heterocycles. The lowest BCUT2D eigenvalue weighted by Gasteiger charge is -2.46. The Bertz CT molecular complexity index is 503. The van der Waals surface area contributed by atoms with Gasteiger partial charge in [-0.05, 0) is 52.2 Å². The average molecular weight is 274 g/mol. The summed E-state index contributed by atoms with van der Waals surface area (Å²) < 4.78 is 1.88. The van der Waals surface area contributed by atoms with Gasteiger partial charge >= 0.3 is 0 Å². The van der Waals surface area contributed by atoms with E-state index in [4.69, 9.17) is 5.26 Å². The number of nitriles is 1. The highest BCUT2D eigenvalue weighted by Gasteiger charge is 2.37. The Kier molecular flexibility index (Phi) is 3.95. The molecule has 0 saturated carbocycles. The largest absolute Gasteiger partial charge is 0.342 e. The molecule has 1 aliphatic rings. The summed E-state index contributed by atoms with van der Waals surface area (Å²) in [6.07, 6.45) is 4.27. The molecule has 0 bridgehead atoms. The Morgan fingerprint density at radius 2 is 1.95 bits per heavy atom. The minimum atomic E-state index is 0.161. The number of rotatable bonds is 3. The second-order valence-corrected chi connectivity index (χ2v) is 7.34. The van der Waals surface area contributed by atoms with Crippen molar-refractivity contribution in [3.8, 4) is 6.07 Å². The van der Waals surface area contributed by atoms with Gasteiger partial charge in [0.2, 0.25) is 0 Å². The Hall–Kier alpha value is -1.31. The molecule has 0 unspecified atom stereocenters. The van der Waals surface area contributed by atoms with Gasteiger partial charge in [-0.3, -0.25) is 0 Å². The molecule has 0 radical (unpaired) electrons. The minimum Gasteiger partial charge on any atom is -0.342 e. The summed E-state index contributed by atoms with van der Waals surface area (Å²) in [6.45, 7) is 9.88. The highest BCUT2D eigenvalue weighted by molar-refractivity contribution is 5.28. The topological polar surface area (TPSA) is 52.8 Å². The Balaban J connectivity index is 1.98. The zero-order valence-electron chi connectivity index (χ0n) is 13.2. The second kappa shape index (κ2) is 5.23. The quantitative estimate of drug-likeness (QED) is 0.889. The molecular formula is C16H26N4. The van der Waals surface area contributed by atoms with Crippen molar-refractivity contribution in [3.05, 3.63) is 23.5 Å². The van der Waals surface area contributed by atoms with E-state index >= 15 is 0 Å². The molecule has 20 heavy (non-hydrogen) atoms. The maximum atomic E-state index is 8.99. The normalized spacial score (nSPS) is 21.6. The maximum Gasteiger partial charge on any atom is 0.120 e. The predicted molar refractivity (Wildman–Crippen MR) is 81.3 cm³/mol. The number of aromatic nitrogens is 1. The van der Waals surface area contributed by atoms with Crippen molar-refractivity contribution >= 4 is 0 Å². The van der Waals surface area contributed by atoms with Crippen LogP contribution in [0.25, 0.3) is 0 Å². The van der Waals surface area contributed by atoms with E-state index in [9.17, 15) is 0 Å². The van der Waals surface area contributed by atoms with E-state index in [1.54, 1.807) is 0 Å². The average Bonchev–Trinajstić information content (AvgIpc) is 2.63. The van der Waals surface area contributed by atoms with Crippen LogP contribution >= 0.6 is 0 Å². The molecule has 4 nitrogen and oxygen atoms in total. The molecular weight excluding hydrogens is 248 g/mol. The lowest BCUT2D eigenvalue weighted by Crippen LogP contribution is -2.61. The summed E-state index contributed by atoms with van der Waals surface area (Å²) in [5.74, 6) is 0. The molecule has 1 aromatic heterocycles. The van der Waals surface area contributed by atoms with Crippen molar-refractivity contribution in [1.82, 2.24) is 15.2 Å². The zero-order valence-corrected chi connectivity index (χ0v) is 13.2. The molecule has 1 aromatic rings. The van der Waals surface area contributed by atoms with Gasteiger partial charge in [-0.15, -0.1) is 0 Å². The maximum absolute atomic E-state index is 8.99. The van der Waals surface area contributed by atoms with Crippen LogP contribution in [0.4, 0.5) is 0 Å². The summed E-state index contributed by atoms with van der Waals surface area (Å²) in [6, 6.07) is 4.67. The lowest BCUT2D eigenvalue weighted by molar-refractivity contribution is 0.145. The number of hydrogen-bond donors (Lipinski definition) is 2. The van der Waals surface area contributed by atoms with Gasteiger partial charge in [-0.1, -0.05) is 0 Å². The summed E-state index contributed by atoms with van der Waals surface area (Å²) in [7, 11) is 1.92. The number of piperidine rings is 1. The van der Waals surface area contributed by atoms with Gasteiger partial charge in [0.25, 0.3) is 0 Å². The molecule has 1 fully saturated rings. The third kappa shape index (κ3) is 3.62. The molecule has 2 rings (SSSR count). The highest BCUT2D eigenvalue weighted by atomic mass is 15.1. The van der Waals surface area contributed by atoms with Crippen molar-refractivity contribution in [2.24, 2.45) is 7.05 Å². The fraction of sp³-hybridized carbons (Fsp3) is 0.688. The highest BCUT2D eigenvalue weighted by Crippen LogP contribution is 2.28. The Morgan fingerprint density at radius 3 is 2.45 bits per heavy atom. The molecule has 0 aromatic carbocycles. The van der Waals surface area contributed by atoms with Gasteiger partial charge < -0.3 is 15.2 Å². The van der Waals surface area contributed by atoms with Crippen LogP contribution in [0.15, 0.2) is 12.3 Å². The second-order valence-electron chi connectivity index (χ2n) is 7.34. The lowest BCUT2D eigenvalue weighted by atomic mass is 9.79. The summed E-state index contributed by atoms with van der Waals surface area (Å²) in [5.41, 5.74) is 2.22. The van der Waals surface area contributed by atoms with Crippen LogP contribution in [0, 0.1) is 11.3 Å².